The molecule has 11 heteroatoms. The van der Waals surface area contributed by atoms with Gasteiger partial charge < -0.3 is 20.0 Å². The highest BCUT2D eigenvalue weighted by molar-refractivity contribution is 5.95. The van der Waals surface area contributed by atoms with Gasteiger partial charge in [-0.05, 0) is 86.1 Å². The van der Waals surface area contributed by atoms with Crippen molar-refractivity contribution in [3.05, 3.63) is 87.9 Å². The van der Waals surface area contributed by atoms with Crippen LogP contribution in [0.2, 0.25) is 0 Å². The maximum atomic E-state index is 13.0. The Bertz CT molecular complexity index is 1530. The molecular weight excluding hydrogens is 554 g/mol. The average molecular weight is 596 g/mol. The van der Waals surface area contributed by atoms with E-state index < -0.39 is 5.41 Å². The van der Waals surface area contributed by atoms with Crippen LogP contribution in [0, 0.1) is 11.3 Å². The number of H-pyrrole nitrogens is 1. The number of aromatic nitrogens is 4. The minimum absolute atomic E-state index is 0.0475. The molecule has 2 aliphatic rings. The van der Waals surface area contributed by atoms with E-state index >= 15 is 0 Å². The molecule has 2 aromatic carbocycles. The lowest BCUT2D eigenvalue weighted by atomic mass is 9.62. The van der Waals surface area contributed by atoms with Crippen molar-refractivity contribution >= 4 is 11.8 Å². The molecule has 2 aliphatic carbocycles. The van der Waals surface area contributed by atoms with E-state index in [9.17, 15) is 14.9 Å². The zero-order valence-electron chi connectivity index (χ0n) is 26.4. The summed E-state index contributed by atoms with van der Waals surface area (Å²) in [7, 11) is 6.96. The van der Waals surface area contributed by atoms with E-state index in [2.05, 4.69) is 50.4 Å². The molecule has 1 unspecified atom stereocenters. The standard InChI is InChI=1S/C33H41N9O2/c1-20(35-19-22(3)42(21(2)18-34)27-10-11-27)17-33(32-36-38-39-37-32)28-12-8-23(30(43)40(4)5)14-25(28)16-26-15-24(9-13-29(26)33)31(44)41(6)7/h8-9,12-15,20-21,27,35H,3,10-11,16-17,19H2,1-2,4-7H3,(H,36,37,38,39)/t20-,21?/m1/s1. The zero-order valence-corrected chi connectivity index (χ0v) is 26.4. The number of rotatable bonds is 11. The Labute approximate surface area is 258 Å². The molecule has 2 N–H and O–H groups in total. The molecule has 0 saturated heterocycles. The van der Waals surface area contributed by atoms with Crippen molar-refractivity contribution in [2.24, 2.45) is 0 Å². The molecule has 5 rings (SSSR count). The van der Waals surface area contributed by atoms with Crippen LogP contribution in [0.15, 0.2) is 48.7 Å². The molecule has 0 spiro atoms. The molecule has 230 valence electrons. The van der Waals surface area contributed by atoms with Gasteiger partial charge in [-0.25, -0.2) is 0 Å². The smallest absolute Gasteiger partial charge is 0.253 e. The number of carbonyl (C=O) groups excluding carboxylic acids is 2. The number of benzene rings is 2. The van der Waals surface area contributed by atoms with Gasteiger partial charge in [0.2, 0.25) is 0 Å². The van der Waals surface area contributed by atoms with Gasteiger partial charge in [0.25, 0.3) is 11.8 Å². The van der Waals surface area contributed by atoms with Gasteiger partial charge >= 0.3 is 0 Å². The summed E-state index contributed by atoms with van der Waals surface area (Å²) < 4.78 is 0. The number of tetrazole rings is 1. The SMILES string of the molecule is C=C(CN[C@H](C)CC1(c2nn[nH]n2)c2ccc(C(=O)N(C)C)cc2Cc2cc(C(=O)N(C)C)ccc21)N(C(C)C#N)C1CC1. The molecule has 1 aromatic heterocycles. The lowest BCUT2D eigenvalue weighted by Crippen LogP contribution is -2.44. The third kappa shape index (κ3) is 5.69. The Morgan fingerprint density at radius 1 is 1.05 bits per heavy atom. The number of fused-ring (bicyclic) bond motifs is 2. The molecule has 1 heterocycles. The molecule has 11 nitrogen and oxygen atoms in total. The zero-order chi connectivity index (χ0) is 31.8. The largest absolute Gasteiger partial charge is 0.356 e. The minimum atomic E-state index is -0.820. The second-order valence-corrected chi connectivity index (χ2v) is 12.5. The second kappa shape index (κ2) is 12.2. The summed E-state index contributed by atoms with van der Waals surface area (Å²) in [6, 6.07) is 14.1. The van der Waals surface area contributed by atoms with Crippen molar-refractivity contribution < 1.29 is 9.59 Å². The summed E-state index contributed by atoms with van der Waals surface area (Å²) in [5, 5.41) is 28.9. The van der Waals surface area contributed by atoms with Crippen molar-refractivity contribution in [3.63, 3.8) is 0 Å². The fourth-order valence-corrected chi connectivity index (χ4v) is 6.52. The first-order valence-electron chi connectivity index (χ1n) is 15.0. The number of nitriles is 1. The van der Waals surface area contributed by atoms with Crippen molar-refractivity contribution in [1.29, 1.82) is 5.26 Å². The number of carbonyl (C=O) groups is 2. The van der Waals surface area contributed by atoms with Crippen LogP contribution in [0.25, 0.3) is 0 Å². The average Bonchev–Trinajstić information content (AvgIpc) is 3.68. The van der Waals surface area contributed by atoms with E-state index in [1.165, 1.54) is 0 Å². The topological polar surface area (TPSA) is 134 Å². The van der Waals surface area contributed by atoms with Crippen LogP contribution in [0.3, 0.4) is 0 Å². The van der Waals surface area contributed by atoms with Gasteiger partial charge in [0.05, 0.1) is 11.5 Å². The van der Waals surface area contributed by atoms with Crippen molar-refractivity contribution in [1.82, 2.24) is 40.6 Å². The molecular formula is C33H41N9O2. The van der Waals surface area contributed by atoms with Gasteiger partial charge in [-0.2, -0.15) is 10.5 Å². The van der Waals surface area contributed by atoms with Crippen LogP contribution in [-0.4, -0.2) is 100.0 Å². The number of nitrogens with zero attached hydrogens (tertiary/aromatic N) is 7. The molecule has 0 bridgehead atoms. The Hall–Kier alpha value is -4.56. The van der Waals surface area contributed by atoms with Gasteiger partial charge in [0.15, 0.2) is 5.82 Å². The maximum absolute atomic E-state index is 13.0. The van der Waals surface area contributed by atoms with Gasteiger partial charge in [0, 0.05) is 63.6 Å². The summed E-state index contributed by atoms with van der Waals surface area (Å²) in [5.41, 5.74) is 5.21. The fraction of sp³-hybridized carbons (Fsp3) is 0.455. The summed E-state index contributed by atoms with van der Waals surface area (Å²) in [6.45, 7) is 8.88. The summed E-state index contributed by atoms with van der Waals surface area (Å²) in [5.74, 6) is 0.351. The lowest BCUT2D eigenvalue weighted by Gasteiger charge is -2.41. The Kier molecular flexibility index (Phi) is 8.57. The number of hydrogen-bond donors (Lipinski definition) is 2. The Morgan fingerprint density at radius 3 is 2.07 bits per heavy atom. The van der Waals surface area contributed by atoms with Crippen LogP contribution in [-0.2, 0) is 11.8 Å². The molecule has 3 aromatic rings. The monoisotopic (exact) mass is 595 g/mol. The van der Waals surface area contributed by atoms with Gasteiger partial charge in [-0.15, -0.1) is 10.2 Å². The van der Waals surface area contributed by atoms with Gasteiger partial charge in [-0.1, -0.05) is 23.9 Å². The van der Waals surface area contributed by atoms with Crippen LogP contribution in [0.1, 0.15) is 81.9 Å². The van der Waals surface area contributed by atoms with Crippen LogP contribution >= 0.6 is 0 Å². The summed E-state index contributed by atoms with van der Waals surface area (Å²) in [4.78, 5) is 31.2. The number of hydrogen-bond acceptors (Lipinski definition) is 8. The van der Waals surface area contributed by atoms with Crippen LogP contribution in [0.5, 0.6) is 0 Å². The highest BCUT2D eigenvalue weighted by atomic mass is 16.2. The highest BCUT2D eigenvalue weighted by Gasteiger charge is 2.47. The van der Waals surface area contributed by atoms with Crippen LogP contribution in [0.4, 0.5) is 0 Å². The van der Waals surface area contributed by atoms with E-state index in [1.807, 2.05) is 43.3 Å². The summed E-state index contributed by atoms with van der Waals surface area (Å²) in [6.07, 6.45) is 3.27. The molecule has 2 atom stereocenters. The van der Waals surface area contributed by atoms with Gasteiger partial charge in [0.1, 0.15) is 6.04 Å². The van der Waals surface area contributed by atoms with E-state index in [4.69, 9.17) is 0 Å². The second-order valence-electron chi connectivity index (χ2n) is 12.5. The first-order valence-corrected chi connectivity index (χ1v) is 15.0. The Morgan fingerprint density at radius 2 is 1.61 bits per heavy atom. The minimum Gasteiger partial charge on any atom is -0.356 e. The number of aromatic amines is 1. The molecule has 44 heavy (non-hydrogen) atoms. The highest BCUT2D eigenvalue weighted by Crippen LogP contribution is 2.48. The quantitative estimate of drug-likeness (QED) is 0.346. The third-order valence-electron chi connectivity index (χ3n) is 8.72. The molecule has 0 aliphatic heterocycles. The Balaban J connectivity index is 1.58. The lowest BCUT2D eigenvalue weighted by molar-refractivity contribution is 0.0820. The normalized spacial score (nSPS) is 16.1. The predicted molar refractivity (Wildman–Crippen MR) is 167 cm³/mol. The first kappa shape index (κ1) is 30.9. The fourth-order valence-electron chi connectivity index (χ4n) is 6.52. The molecule has 1 fully saturated rings. The number of amides is 2. The maximum Gasteiger partial charge on any atom is 0.253 e. The van der Waals surface area contributed by atoms with E-state index in [0.29, 0.717) is 42.4 Å². The molecule has 0 radical (unpaired) electrons. The summed E-state index contributed by atoms with van der Waals surface area (Å²) >= 11 is 0. The van der Waals surface area contributed by atoms with Crippen molar-refractivity contribution in [2.45, 2.75) is 63.1 Å². The number of nitrogens with one attached hydrogen (secondary N) is 2. The van der Waals surface area contributed by atoms with Gasteiger partial charge in [-0.3, -0.25) is 9.59 Å². The van der Waals surface area contributed by atoms with Crippen molar-refractivity contribution in [3.8, 4) is 6.07 Å². The molecule has 1 saturated carbocycles. The predicted octanol–water partition coefficient (Wildman–Crippen LogP) is 3.10. The van der Waals surface area contributed by atoms with E-state index in [1.54, 1.807) is 38.0 Å². The van der Waals surface area contributed by atoms with Crippen LogP contribution < -0.4 is 5.32 Å². The molecule has 2 amide bonds. The first-order chi connectivity index (χ1) is 21.0. The van der Waals surface area contributed by atoms with E-state index in [-0.39, 0.29) is 23.9 Å². The third-order valence-corrected chi connectivity index (χ3v) is 8.72. The van der Waals surface area contributed by atoms with E-state index in [0.717, 1.165) is 40.8 Å². The van der Waals surface area contributed by atoms with Crippen molar-refractivity contribution in [2.75, 3.05) is 34.7 Å².